The van der Waals surface area contributed by atoms with Crippen LogP contribution in [0.3, 0.4) is 0 Å². The van der Waals surface area contributed by atoms with Gasteiger partial charge in [0.05, 0.1) is 6.54 Å². The van der Waals surface area contributed by atoms with E-state index in [2.05, 4.69) is 20.8 Å². The fourth-order valence-electron chi connectivity index (χ4n) is 1.32. The molecule has 100 valence electrons. The van der Waals surface area contributed by atoms with Crippen molar-refractivity contribution in [3.63, 3.8) is 0 Å². The minimum absolute atomic E-state index is 0.0607. The van der Waals surface area contributed by atoms with E-state index in [-0.39, 0.29) is 12.4 Å². The van der Waals surface area contributed by atoms with Crippen molar-refractivity contribution in [1.29, 1.82) is 0 Å². The lowest BCUT2D eigenvalue weighted by Gasteiger charge is -2.13. The summed E-state index contributed by atoms with van der Waals surface area (Å²) in [4.78, 5) is 26.2. The van der Waals surface area contributed by atoms with Crippen LogP contribution in [0.5, 0.6) is 0 Å². The van der Waals surface area contributed by atoms with Crippen molar-refractivity contribution in [2.75, 3.05) is 0 Å². The topological polar surface area (TPSA) is 117 Å². The summed E-state index contributed by atoms with van der Waals surface area (Å²) in [7, 11) is 0. The summed E-state index contributed by atoms with van der Waals surface area (Å²) in [5, 5.41) is 17.2. The van der Waals surface area contributed by atoms with E-state index in [4.69, 9.17) is 9.63 Å². The van der Waals surface area contributed by atoms with E-state index in [1.807, 2.05) is 6.92 Å². The molecule has 0 aliphatic rings. The molecule has 0 aliphatic heterocycles. The van der Waals surface area contributed by atoms with Gasteiger partial charge in [0.25, 0.3) is 0 Å². The van der Waals surface area contributed by atoms with Crippen LogP contribution in [0.4, 0.5) is 4.79 Å². The zero-order valence-corrected chi connectivity index (χ0v) is 10.3. The highest BCUT2D eigenvalue weighted by atomic mass is 16.5. The predicted octanol–water partition coefficient (Wildman–Crippen LogP) is 0.431. The van der Waals surface area contributed by atoms with E-state index in [0.29, 0.717) is 18.7 Å². The number of hydrogen-bond donors (Lipinski definition) is 3. The lowest BCUT2D eigenvalue weighted by atomic mass is 10.2. The highest BCUT2D eigenvalue weighted by molar-refractivity contribution is 5.82. The van der Waals surface area contributed by atoms with Crippen molar-refractivity contribution >= 4 is 12.0 Å². The summed E-state index contributed by atoms with van der Waals surface area (Å²) in [6, 6.07) is -1.47. The third-order valence-electron chi connectivity index (χ3n) is 2.15. The molecule has 0 saturated carbocycles. The zero-order valence-electron chi connectivity index (χ0n) is 10.3. The van der Waals surface area contributed by atoms with Gasteiger partial charge >= 0.3 is 12.0 Å². The number of nitrogens with zero attached hydrogens (tertiary/aromatic N) is 2. The smallest absolute Gasteiger partial charge is 0.326 e. The fraction of sp³-hybridized carbons (Fsp3) is 0.600. The SMILES string of the molecule is CCCC(NC(=O)NCc1nc(C)no1)C(=O)O. The van der Waals surface area contributed by atoms with Crippen LogP contribution in [0.2, 0.25) is 0 Å². The number of urea groups is 1. The minimum Gasteiger partial charge on any atom is -0.480 e. The van der Waals surface area contributed by atoms with Gasteiger partial charge in [-0.15, -0.1) is 0 Å². The Labute approximate surface area is 104 Å². The Morgan fingerprint density at radius 2 is 2.22 bits per heavy atom. The summed E-state index contributed by atoms with van der Waals surface area (Å²) < 4.78 is 4.79. The first-order chi connectivity index (χ1) is 8.52. The molecule has 0 spiro atoms. The molecule has 1 aromatic rings. The van der Waals surface area contributed by atoms with Gasteiger partial charge in [-0.25, -0.2) is 9.59 Å². The summed E-state index contributed by atoms with van der Waals surface area (Å²) >= 11 is 0. The van der Waals surface area contributed by atoms with Crippen LogP contribution >= 0.6 is 0 Å². The molecule has 1 aromatic heterocycles. The Balaban J connectivity index is 2.38. The van der Waals surface area contributed by atoms with Gasteiger partial charge in [-0.3, -0.25) is 0 Å². The van der Waals surface area contributed by atoms with Crippen LogP contribution in [-0.4, -0.2) is 33.3 Å². The minimum atomic E-state index is -1.05. The number of carboxylic acids is 1. The molecule has 8 heteroatoms. The van der Waals surface area contributed by atoms with Gasteiger partial charge in [0, 0.05) is 0 Å². The van der Waals surface area contributed by atoms with Crippen molar-refractivity contribution < 1.29 is 19.2 Å². The molecular formula is C10H16N4O4. The van der Waals surface area contributed by atoms with Crippen LogP contribution in [0.15, 0.2) is 4.52 Å². The first-order valence-electron chi connectivity index (χ1n) is 5.59. The molecular weight excluding hydrogens is 240 g/mol. The molecule has 18 heavy (non-hydrogen) atoms. The first-order valence-corrected chi connectivity index (χ1v) is 5.59. The largest absolute Gasteiger partial charge is 0.480 e. The number of hydrogen-bond acceptors (Lipinski definition) is 5. The molecule has 1 atom stereocenters. The van der Waals surface area contributed by atoms with E-state index < -0.39 is 18.0 Å². The second-order valence-corrected chi connectivity index (χ2v) is 3.74. The molecule has 0 saturated heterocycles. The maximum Gasteiger partial charge on any atom is 0.326 e. The molecule has 1 unspecified atom stereocenters. The molecule has 0 fully saturated rings. The summed E-state index contributed by atoms with van der Waals surface area (Å²) in [6.07, 6.45) is 1.04. The number of carbonyl (C=O) groups excluding carboxylic acids is 1. The van der Waals surface area contributed by atoms with Gasteiger partial charge in [0.2, 0.25) is 5.89 Å². The van der Waals surface area contributed by atoms with Crippen molar-refractivity contribution in [2.24, 2.45) is 0 Å². The Kier molecular flexibility index (Phi) is 5.09. The van der Waals surface area contributed by atoms with Crippen molar-refractivity contribution in [3.8, 4) is 0 Å². The normalized spacial score (nSPS) is 11.9. The van der Waals surface area contributed by atoms with Crippen LogP contribution in [0.1, 0.15) is 31.5 Å². The van der Waals surface area contributed by atoms with Gasteiger partial charge < -0.3 is 20.3 Å². The highest BCUT2D eigenvalue weighted by Crippen LogP contribution is 1.97. The second kappa shape index (κ2) is 6.58. The van der Waals surface area contributed by atoms with E-state index in [1.54, 1.807) is 6.92 Å². The van der Waals surface area contributed by atoms with Crippen LogP contribution in [0, 0.1) is 6.92 Å². The van der Waals surface area contributed by atoms with Gasteiger partial charge in [-0.2, -0.15) is 4.98 Å². The van der Waals surface area contributed by atoms with Crippen molar-refractivity contribution in [2.45, 2.75) is 39.3 Å². The average molecular weight is 256 g/mol. The molecule has 8 nitrogen and oxygen atoms in total. The second-order valence-electron chi connectivity index (χ2n) is 3.74. The Bertz CT molecular complexity index is 418. The Morgan fingerprint density at radius 1 is 1.50 bits per heavy atom. The zero-order chi connectivity index (χ0) is 13.5. The monoisotopic (exact) mass is 256 g/mol. The molecule has 0 aliphatic carbocycles. The van der Waals surface area contributed by atoms with Gasteiger partial charge in [-0.05, 0) is 13.3 Å². The summed E-state index contributed by atoms with van der Waals surface area (Å²) in [5.41, 5.74) is 0. The third kappa shape index (κ3) is 4.40. The van der Waals surface area contributed by atoms with E-state index in [9.17, 15) is 9.59 Å². The predicted molar refractivity (Wildman–Crippen MR) is 60.7 cm³/mol. The van der Waals surface area contributed by atoms with Crippen molar-refractivity contribution in [1.82, 2.24) is 20.8 Å². The molecule has 0 bridgehead atoms. The lowest BCUT2D eigenvalue weighted by Crippen LogP contribution is -2.45. The van der Waals surface area contributed by atoms with E-state index in [1.165, 1.54) is 0 Å². The average Bonchev–Trinajstić information content (AvgIpc) is 2.72. The number of nitrogens with one attached hydrogen (secondary N) is 2. The van der Waals surface area contributed by atoms with Gasteiger partial charge in [-0.1, -0.05) is 18.5 Å². The number of carbonyl (C=O) groups is 2. The number of aryl methyl sites for hydroxylation is 1. The molecule has 0 radical (unpaired) electrons. The van der Waals surface area contributed by atoms with Crippen LogP contribution in [0.25, 0.3) is 0 Å². The maximum atomic E-state index is 11.4. The first kappa shape index (κ1) is 13.9. The highest BCUT2D eigenvalue weighted by Gasteiger charge is 2.18. The standard InChI is InChI=1S/C10H16N4O4/c1-3-4-7(9(15)16)13-10(17)11-5-8-12-6(2)14-18-8/h7H,3-5H2,1-2H3,(H,15,16)(H2,11,13,17). The molecule has 3 N–H and O–H groups in total. The van der Waals surface area contributed by atoms with Crippen molar-refractivity contribution in [3.05, 3.63) is 11.7 Å². The number of rotatable bonds is 6. The number of amides is 2. The van der Waals surface area contributed by atoms with E-state index >= 15 is 0 Å². The number of carboxylic acid groups (broad SMARTS) is 1. The quantitative estimate of drug-likeness (QED) is 0.679. The van der Waals surface area contributed by atoms with Gasteiger partial charge in [0.1, 0.15) is 6.04 Å². The fourth-order valence-corrected chi connectivity index (χ4v) is 1.32. The molecule has 1 rings (SSSR count). The molecule has 1 heterocycles. The lowest BCUT2D eigenvalue weighted by molar-refractivity contribution is -0.139. The molecule has 0 aromatic carbocycles. The third-order valence-corrected chi connectivity index (χ3v) is 2.15. The van der Waals surface area contributed by atoms with Crippen LogP contribution in [-0.2, 0) is 11.3 Å². The Hall–Kier alpha value is -2.12. The number of aliphatic carboxylic acids is 1. The number of aromatic nitrogens is 2. The Morgan fingerprint density at radius 3 is 2.72 bits per heavy atom. The molecule has 2 amide bonds. The van der Waals surface area contributed by atoms with Crippen LogP contribution < -0.4 is 10.6 Å². The summed E-state index contributed by atoms with van der Waals surface area (Å²) in [5.74, 6) is -0.313. The van der Waals surface area contributed by atoms with Gasteiger partial charge in [0.15, 0.2) is 5.82 Å². The maximum absolute atomic E-state index is 11.4. The van der Waals surface area contributed by atoms with E-state index in [0.717, 1.165) is 0 Å². The summed E-state index contributed by atoms with van der Waals surface area (Å²) in [6.45, 7) is 3.57.